The number of amides is 1. The molecule has 0 aliphatic rings. The largest absolute Gasteiger partial charge is 0.383 e. The van der Waals surface area contributed by atoms with Gasteiger partial charge >= 0.3 is 0 Å². The molecule has 0 radical (unpaired) electrons. The highest BCUT2D eigenvalue weighted by Crippen LogP contribution is 2.06. The zero-order valence-electron chi connectivity index (χ0n) is 10.1. The van der Waals surface area contributed by atoms with Crippen LogP contribution in [-0.4, -0.2) is 30.6 Å². The van der Waals surface area contributed by atoms with Gasteiger partial charge in [-0.1, -0.05) is 31.0 Å². The van der Waals surface area contributed by atoms with E-state index in [-0.39, 0.29) is 11.9 Å². The fourth-order valence-electron chi connectivity index (χ4n) is 1.54. The van der Waals surface area contributed by atoms with Crippen molar-refractivity contribution in [2.24, 2.45) is 0 Å². The molecule has 0 bridgehead atoms. The van der Waals surface area contributed by atoms with Crippen LogP contribution in [-0.2, 0) is 4.74 Å². The highest BCUT2D eigenvalue weighted by molar-refractivity contribution is 6.29. The van der Waals surface area contributed by atoms with Gasteiger partial charge in [-0.3, -0.25) is 4.79 Å². The number of rotatable bonds is 6. The Kier molecular flexibility index (Phi) is 5.94. The van der Waals surface area contributed by atoms with Crippen molar-refractivity contribution in [3.8, 4) is 0 Å². The molecule has 0 saturated heterocycles. The van der Waals surface area contributed by atoms with Gasteiger partial charge < -0.3 is 10.1 Å². The molecule has 0 aromatic carbocycles. The van der Waals surface area contributed by atoms with E-state index in [2.05, 4.69) is 17.2 Å². The third kappa shape index (κ3) is 4.71. The molecule has 1 rings (SSSR count). The Hall–Kier alpha value is -1.13. The van der Waals surface area contributed by atoms with Crippen molar-refractivity contribution in [3.63, 3.8) is 0 Å². The highest BCUT2D eigenvalue weighted by atomic mass is 35.5. The lowest BCUT2D eigenvalue weighted by molar-refractivity contribution is 0.0886. The lowest BCUT2D eigenvalue weighted by Crippen LogP contribution is -2.38. The summed E-state index contributed by atoms with van der Waals surface area (Å²) < 4.78 is 5.06. The molecule has 1 atom stereocenters. The Balaban J connectivity index is 2.63. The third-order valence-electron chi connectivity index (χ3n) is 2.29. The second kappa shape index (κ2) is 7.25. The van der Waals surface area contributed by atoms with Gasteiger partial charge in [0.05, 0.1) is 12.6 Å². The maximum absolute atomic E-state index is 11.9. The summed E-state index contributed by atoms with van der Waals surface area (Å²) in [6.45, 7) is 2.56. The van der Waals surface area contributed by atoms with Crippen molar-refractivity contribution in [2.45, 2.75) is 25.8 Å². The van der Waals surface area contributed by atoms with Gasteiger partial charge in [-0.2, -0.15) is 0 Å². The summed E-state index contributed by atoms with van der Waals surface area (Å²) in [5.41, 5.74) is 0.328. The molecule has 0 saturated carbocycles. The second-order valence-electron chi connectivity index (χ2n) is 3.76. The van der Waals surface area contributed by atoms with Gasteiger partial charge in [-0.05, 0) is 18.6 Å². The van der Waals surface area contributed by atoms with E-state index >= 15 is 0 Å². The van der Waals surface area contributed by atoms with Gasteiger partial charge in [0.25, 0.3) is 5.91 Å². The molecule has 0 aliphatic carbocycles. The molecule has 1 amide bonds. The van der Waals surface area contributed by atoms with Crippen LogP contribution < -0.4 is 5.32 Å². The molecule has 0 fully saturated rings. The van der Waals surface area contributed by atoms with Gasteiger partial charge in [-0.15, -0.1) is 0 Å². The molecule has 4 nitrogen and oxygen atoms in total. The quantitative estimate of drug-likeness (QED) is 0.795. The lowest BCUT2D eigenvalue weighted by Gasteiger charge is -2.16. The smallest absolute Gasteiger partial charge is 0.270 e. The molecule has 1 N–H and O–H groups in total. The van der Waals surface area contributed by atoms with Crippen LogP contribution in [0.25, 0.3) is 0 Å². The molecule has 1 unspecified atom stereocenters. The lowest BCUT2D eigenvalue weighted by atomic mass is 10.1. The number of halogens is 1. The minimum Gasteiger partial charge on any atom is -0.383 e. The molecular weight excluding hydrogens is 240 g/mol. The third-order valence-corrected chi connectivity index (χ3v) is 2.50. The van der Waals surface area contributed by atoms with Crippen molar-refractivity contribution in [3.05, 3.63) is 29.0 Å². The zero-order chi connectivity index (χ0) is 12.7. The predicted octanol–water partition coefficient (Wildman–Crippen LogP) is 2.28. The first-order valence-corrected chi connectivity index (χ1v) is 5.97. The Labute approximate surface area is 106 Å². The first-order chi connectivity index (χ1) is 8.17. The Morgan fingerprint density at radius 3 is 2.94 bits per heavy atom. The second-order valence-corrected chi connectivity index (χ2v) is 4.15. The average Bonchev–Trinajstić information content (AvgIpc) is 2.29. The van der Waals surface area contributed by atoms with Crippen molar-refractivity contribution in [1.29, 1.82) is 0 Å². The van der Waals surface area contributed by atoms with Crippen LogP contribution in [0.5, 0.6) is 0 Å². The molecule has 5 heteroatoms. The van der Waals surface area contributed by atoms with Crippen LogP contribution in [0.3, 0.4) is 0 Å². The van der Waals surface area contributed by atoms with Gasteiger partial charge in [-0.25, -0.2) is 4.98 Å². The van der Waals surface area contributed by atoms with Crippen LogP contribution in [0.1, 0.15) is 30.3 Å². The Morgan fingerprint density at radius 2 is 2.35 bits per heavy atom. The van der Waals surface area contributed by atoms with E-state index in [4.69, 9.17) is 16.3 Å². The van der Waals surface area contributed by atoms with Gasteiger partial charge in [0.15, 0.2) is 0 Å². The number of nitrogens with one attached hydrogen (secondary N) is 1. The summed E-state index contributed by atoms with van der Waals surface area (Å²) >= 11 is 5.73. The minimum absolute atomic E-state index is 0.0123. The summed E-state index contributed by atoms with van der Waals surface area (Å²) in [7, 11) is 1.62. The molecule has 1 heterocycles. The Bertz CT molecular complexity index is 365. The molecule has 0 aliphatic heterocycles. The maximum atomic E-state index is 11.9. The monoisotopic (exact) mass is 256 g/mol. The fourth-order valence-corrected chi connectivity index (χ4v) is 1.70. The van der Waals surface area contributed by atoms with E-state index in [1.165, 1.54) is 0 Å². The summed E-state index contributed by atoms with van der Waals surface area (Å²) in [6.07, 6.45) is 1.86. The van der Waals surface area contributed by atoms with Crippen molar-refractivity contribution >= 4 is 17.5 Å². The minimum atomic E-state index is -0.219. The first kappa shape index (κ1) is 13.9. The van der Waals surface area contributed by atoms with Crippen LogP contribution in [0, 0.1) is 0 Å². The average molecular weight is 257 g/mol. The van der Waals surface area contributed by atoms with Crippen molar-refractivity contribution in [1.82, 2.24) is 10.3 Å². The van der Waals surface area contributed by atoms with Crippen molar-refractivity contribution < 1.29 is 9.53 Å². The summed E-state index contributed by atoms with van der Waals surface area (Å²) in [6, 6.07) is 4.99. The van der Waals surface area contributed by atoms with Crippen LogP contribution >= 0.6 is 11.6 Å². The summed E-state index contributed by atoms with van der Waals surface area (Å²) in [4.78, 5) is 15.8. The highest BCUT2D eigenvalue weighted by Gasteiger charge is 2.13. The first-order valence-electron chi connectivity index (χ1n) is 5.59. The van der Waals surface area contributed by atoms with Crippen molar-refractivity contribution in [2.75, 3.05) is 13.7 Å². The number of methoxy groups -OCH3 is 1. The molecule has 1 aromatic rings. The number of carbonyl (C=O) groups is 1. The number of ether oxygens (including phenoxy) is 1. The van der Waals surface area contributed by atoms with E-state index in [1.54, 1.807) is 25.3 Å². The maximum Gasteiger partial charge on any atom is 0.270 e. The molecule has 94 valence electrons. The number of aromatic nitrogens is 1. The van der Waals surface area contributed by atoms with E-state index < -0.39 is 0 Å². The summed E-state index contributed by atoms with van der Waals surface area (Å²) in [5.74, 6) is -0.219. The van der Waals surface area contributed by atoms with Crippen LogP contribution in [0.4, 0.5) is 0 Å². The molecular formula is C12H17ClN2O2. The normalized spacial score (nSPS) is 12.2. The number of hydrogen-bond acceptors (Lipinski definition) is 3. The number of pyridine rings is 1. The van der Waals surface area contributed by atoms with E-state index in [0.717, 1.165) is 12.8 Å². The fraction of sp³-hybridized carbons (Fsp3) is 0.500. The molecule has 1 aromatic heterocycles. The SMILES string of the molecule is CCCC(COC)NC(=O)c1cccc(Cl)n1. The number of carbonyl (C=O) groups excluding carboxylic acids is 1. The zero-order valence-corrected chi connectivity index (χ0v) is 10.8. The standard InChI is InChI=1S/C12H17ClN2O2/c1-3-5-9(8-17-2)14-12(16)10-6-4-7-11(13)15-10/h4,6-7,9H,3,5,8H2,1-2H3,(H,14,16). The number of nitrogens with zero attached hydrogens (tertiary/aromatic N) is 1. The Morgan fingerprint density at radius 1 is 1.59 bits per heavy atom. The van der Waals surface area contributed by atoms with E-state index in [0.29, 0.717) is 17.5 Å². The molecule has 0 spiro atoms. The number of hydrogen-bond donors (Lipinski definition) is 1. The topological polar surface area (TPSA) is 51.2 Å². The predicted molar refractivity (Wildman–Crippen MR) is 67.3 cm³/mol. The molecule has 17 heavy (non-hydrogen) atoms. The van der Waals surface area contributed by atoms with E-state index in [9.17, 15) is 4.79 Å². The van der Waals surface area contributed by atoms with E-state index in [1.807, 2.05) is 0 Å². The van der Waals surface area contributed by atoms with Crippen LogP contribution in [0.15, 0.2) is 18.2 Å². The van der Waals surface area contributed by atoms with Gasteiger partial charge in [0.2, 0.25) is 0 Å². The van der Waals surface area contributed by atoms with Gasteiger partial charge in [0, 0.05) is 7.11 Å². The van der Waals surface area contributed by atoms with Gasteiger partial charge in [0.1, 0.15) is 10.8 Å². The van der Waals surface area contributed by atoms with Crippen LogP contribution in [0.2, 0.25) is 5.15 Å². The summed E-state index contributed by atoms with van der Waals surface area (Å²) in [5, 5.41) is 3.19.